The molecule has 3 unspecified atom stereocenters. The van der Waals surface area contributed by atoms with Gasteiger partial charge in [-0.2, -0.15) is 0 Å². The molecule has 4 heteroatoms. The first kappa shape index (κ1) is 12.6. The summed E-state index contributed by atoms with van der Waals surface area (Å²) in [5.41, 5.74) is 0. The molecule has 0 aliphatic carbocycles. The van der Waals surface area contributed by atoms with E-state index in [1.165, 1.54) is 17.7 Å². The molecule has 0 saturated carbocycles. The van der Waals surface area contributed by atoms with Crippen LogP contribution in [-0.4, -0.2) is 36.3 Å². The van der Waals surface area contributed by atoms with Gasteiger partial charge in [0.25, 0.3) is 0 Å². The quantitative estimate of drug-likeness (QED) is 0.747. The molecule has 0 aromatic carbocycles. The van der Waals surface area contributed by atoms with Gasteiger partial charge in [0, 0.05) is 18.4 Å². The Morgan fingerprint density at radius 3 is 2.41 bits per heavy atom. The average molecular weight is 238 g/mol. The first-order valence-electron chi connectivity index (χ1n) is 6.67. The van der Waals surface area contributed by atoms with E-state index in [0.717, 1.165) is 19.5 Å². The lowest BCUT2D eigenvalue weighted by Crippen LogP contribution is -2.36. The van der Waals surface area contributed by atoms with E-state index in [2.05, 4.69) is 5.32 Å². The predicted octanol–water partition coefficient (Wildman–Crippen LogP) is 1.02. The van der Waals surface area contributed by atoms with Gasteiger partial charge in [0.15, 0.2) is 0 Å². The second-order valence-corrected chi connectivity index (χ2v) is 5.41. The SMILES string of the molecule is CC1C(=O)N(CCC2CCCNC2)C(=O)C1C. The third-order valence-electron chi connectivity index (χ3n) is 4.22. The Balaban J connectivity index is 1.86. The normalized spacial score (nSPS) is 34.5. The molecule has 4 nitrogen and oxygen atoms in total. The molecule has 2 aliphatic rings. The number of carbonyl (C=O) groups is 2. The maximum atomic E-state index is 11.9. The maximum Gasteiger partial charge on any atom is 0.232 e. The van der Waals surface area contributed by atoms with Crippen molar-refractivity contribution in [2.45, 2.75) is 33.1 Å². The van der Waals surface area contributed by atoms with Gasteiger partial charge in [-0.05, 0) is 38.3 Å². The van der Waals surface area contributed by atoms with Crippen LogP contribution in [0.25, 0.3) is 0 Å². The molecule has 2 rings (SSSR count). The van der Waals surface area contributed by atoms with Gasteiger partial charge in [-0.1, -0.05) is 13.8 Å². The van der Waals surface area contributed by atoms with E-state index in [1.54, 1.807) is 0 Å². The summed E-state index contributed by atoms with van der Waals surface area (Å²) in [6.45, 7) is 6.45. The fraction of sp³-hybridized carbons (Fsp3) is 0.846. The van der Waals surface area contributed by atoms with Crippen LogP contribution >= 0.6 is 0 Å². The van der Waals surface area contributed by atoms with Crippen LogP contribution in [0.4, 0.5) is 0 Å². The van der Waals surface area contributed by atoms with Crippen molar-refractivity contribution in [3.8, 4) is 0 Å². The average Bonchev–Trinajstić information content (AvgIpc) is 2.54. The number of imide groups is 1. The third kappa shape index (κ3) is 2.51. The number of nitrogens with zero attached hydrogens (tertiary/aromatic N) is 1. The Hall–Kier alpha value is -0.900. The van der Waals surface area contributed by atoms with E-state index in [9.17, 15) is 9.59 Å². The summed E-state index contributed by atoms with van der Waals surface area (Å²) >= 11 is 0. The second-order valence-electron chi connectivity index (χ2n) is 5.41. The standard InChI is InChI=1S/C13H22N2O2/c1-9-10(2)13(17)15(12(9)16)7-5-11-4-3-6-14-8-11/h9-11,14H,3-8H2,1-2H3. The number of rotatable bonds is 3. The zero-order valence-corrected chi connectivity index (χ0v) is 10.7. The van der Waals surface area contributed by atoms with E-state index in [4.69, 9.17) is 0 Å². The van der Waals surface area contributed by atoms with Crippen molar-refractivity contribution in [3.05, 3.63) is 0 Å². The Labute approximate surface area is 103 Å². The van der Waals surface area contributed by atoms with Gasteiger partial charge >= 0.3 is 0 Å². The summed E-state index contributed by atoms with van der Waals surface area (Å²) in [6.07, 6.45) is 3.37. The zero-order valence-electron chi connectivity index (χ0n) is 10.7. The summed E-state index contributed by atoms with van der Waals surface area (Å²) < 4.78 is 0. The molecule has 2 fully saturated rings. The van der Waals surface area contributed by atoms with Gasteiger partial charge in [0.1, 0.15) is 0 Å². The lowest BCUT2D eigenvalue weighted by Gasteiger charge is -2.24. The molecule has 2 heterocycles. The molecule has 2 amide bonds. The van der Waals surface area contributed by atoms with Crippen LogP contribution in [0.5, 0.6) is 0 Å². The van der Waals surface area contributed by atoms with Gasteiger partial charge in [0.2, 0.25) is 11.8 Å². The van der Waals surface area contributed by atoms with Crippen LogP contribution < -0.4 is 5.32 Å². The van der Waals surface area contributed by atoms with Crippen molar-refractivity contribution in [1.29, 1.82) is 0 Å². The van der Waals surface area contributed by atoms with Crippen molar-refractivity contribution >= 4 is 11.8 Å². The predicted molar refractivity (Wildman–Crippen MR) is 65.3 cm³/mol. The molecule has 0 spiro atoms. The van der Waals surface area contributed by atoms with Crippen molar-refractivity contribution in [2.75, 3.05) is 19.6 Å². The number of carbonyl (C=O) groups excluding carboxylic acids is 2. The van der Waals surface area contributed by atoms with E-state index in [1.807, 2.05) is 13.8 Å². The minimum atomic E-state index is -0.132. The Kier molecular flexibility index (Phi) is 3.82. The maximum absolute atomic E-state index is 11.9. The molecule has 0 aromatic rings. The molecule has 2 aliphatic heterocycles. The lowest BCUT2D eigenvalue weighted by molar-refractivity contribution is -0.140. The van der Waals surface area contributed by atoms with Gasteiger partial charge in [-0.15, -0.1) is 0 Å². The van der Waals surface area contributed by atoms with E-state index in [-0.39, 0.29) is 23.7 Å². The van der Waals surface area contributed by atoms with Gasteiger partial charge in [-0.3, -0.25) is 14.5 Å². The number of piperidine rings is 1. The molecule has 17 heavy (non-hydrogen) atoms. The Bertz CT molecular complexity index is 291. The number of nitrogens with one attached hydrogen (secondary N) is 1. The Morgan fingerprint density at radius 1 is 1.24 bits per heavy atom. The largest absolute Gasteiger partial charge is 0.316 e. The highest BCUT2D eigenvalue weighted by molar-refractivity contribution is 6.04. The highest BCUT2D eigenvalue weighted by atomic mass is 16.2. The first-order chi connectivity index (χ1) is 8.11. The number of likely N-dealkylation sites (tertiary alicyclic amines) is 1. The highest BCUT2D eigenvalue weighted by Gasteiger charge is 2.41. The van der Waals surface area contributed by atoms with Gasteiger partial charge < -0.3 is 5.32 Å². The summed E-state index contributed by atoms with van der Waals surface area (Å²) in [7, 11) is 0. The summed E-state index contributed by atoms with van der Waals surface area (Å²) in [5, 5.41) is 3.36. The molecule has 2 saturated heterocycles. The number of amides is 2. The van der Waals surface area contributed by atoms with Crippen molar-refractivity contribution in [1.82, 2.24) is 10.2 Å². The van der Waals surface area contributed by atoms with Crippen LogP contribution in [0.2, 0.25) is 0 Å². The van der Waals surface area contributed by atoms with Crippen LogP contribution in [0.3, 0.4) is 0 Å². The molecule has 1 N–H and O–H groups in total. The Morgan fingerprint density at radius 2 is 1.88 bits per heavy atom. The van der Waals surface area contributed by atoms with Crippen molar-refractivity contribution < 1.29 is 9.59 Å². The zero-order chi connectivity index (χ0) is 12.4. The lowest BCUT2D eigenvalue weighted by atomic mass is 9.96. The molecular formula is C13H22N2O2. The highest BCUT2D eigenvalue weighted by Crippen LogP contribution is 2.26. The minimum Gasteiger partial charge on any atom is -0.316 e. The van der Waals surface area contributed by atoms with E-state index >= 15 is 0 Å². The third-order valence-corrected chi connectivity index (χ3v) is 4.22. The summed E-state index contributed by atoms with van der Waals surface area (Å²) in [6, 6.07) is 0. The van der Waals surface area contributed by atoms with Gasteiger partial charge in [-0.25, -0.2) is 0 Å². The van der Waals surface area contributed by atoms with E-state index < -0.39 is 0 Å². The van der Waals surface area contributed by atoms with Crippen molar-refractivity contribution in [2.24, 2.45) is 17.8 Å². The summed E-state index contributed by atoms with van der Waals surface area (Å²) in [5.74, 6) is 0.395. The molecule has 96 valence electrons. The number of hydrogen-bond acceptors (Lipinski definition) is 3. The van der Waals surface area contributed by atoms with Crippen LogP contribution in [0.1, 0.15) is 33.1 Å². The smallest absolute Gasteiger partial charge is 0.232 e. The molecular weight excluding hydrogens is 216 g/mol. The fourth-order valence-electron chi connectivity index (χ4n) is 2.73. The van der Waals surface area contributed by atoms with Gasteiger partial charge in [0.05, 0.1) is 0 Å². The fourth-order valence-corrected chi connectivity index (χ4v) is 2.73. The summed E-state index contributed by atoms with van der Waals surface area (Å²) in [4.78, 5) is 25.3. The second kappa shape index (κ2) is 5.17. The van der Waals surface area contributed by atoms with Crippen LogP contribution in [0, 0.1) is 17.8 Å². The molecule has 3 atom stereocenters. The van der Waals surface area contributed by atoms with Crippen LogP contribution in [0.15, 0.2) is 0 Å². The molecule has 0 aromatic heterocycles. The first-order valence-corrected chi connectivity index (χ1v) is 6.67. The van der Waals surface area contributed by atoms with E-state index in [0.29, 0.717) is 12.5 Å². The van der Waals surface area contributed by atoms with Crippen molar-refractivity contribution in [3.63, 3.8) is 0 Å². The minimum absolute atomic E-state index is 0.0197. The number of hydrogen-bond donors (Lipinski definition) is 1. The monoisotopic (exact) mass is 238 g/mol. The van der Waals surface area contributed by atoms with Crippen LogP contribution in [-0.2, 0) is 9.59 Å². The molecule has 0 bridgehead atoms. The topological polar surface area (TPSA) is 49.4 Å². The molecule has 0 radical (unpaired) electrons.